The number of hydrogen-bond acceptors (Lipinski definition) is 3. The van der Waals surface area contributed by atoms with E-state index in [2.05, 4.69) is 10.5 Å². The molecule has 6 heavy (non-hydrogen) atoms. The van der Waals surface area contributed by atoms with Crippen molar-refractivity contribution in [2.45, 2.75) is 0 Å². The van der Waals surface area contributed by atoms with Crippen molar-refractivity contribution in [3.63, 3.8) is 0 Å². The summed E-state index contributed by atoms with van der Waals surface area (Å²) in [5, 5.41) is 3.38. The van der Waals surface area contributed by atoms with Gasteiger partial charge in [0.15, 0.2) is 0 Å². The molecule has 0 radical (unpaired) electrons. The van der Waals surface area contributed by atoms with E-state index < -0.39 is 0 Å². The minimum Gasteiger partial charge on any atom is -0.265 e. The summed E-state index contributed by atoms with van der Waals surface area (Å²) < 4.78 is 0. The fourth-order valence-electron chi connectivity index (χ4n) is 0. The van der Waals surface area contributed by atoms with Gasteiger partial charge in [0.25, 0.3) is 0 Å². The first kappa shape index (κ1) is 4.78. The zero-order valence-corrected chi connectivity index (χ0v) is 2.92. The second-order valence-corrected chi connectivity index (χ2v) is 0.487. The lowest BCUT2D eigenvalue weighted by atomic mass is 11.6. The molecule has 0 saturated heterocycles. The van der Waals surface area contributed by atoms with Gasteiger partial charge in [-0.15, -0.1) is 5.53 Å². The first-order valence-corrected chi connectivity index (χ1v) is 1.19. The van der Waals surface area contributed by atoms with Gasteiger partial charge in [0.1, 0.15) is 6.34 Å². The highest BCUT2D eigenvalue weighted by Gasteiger charge is 1.71. The van der Waals surface area contributed by atoms with Crippen molar-refractivity contribution in [3.05, 3.63) is 10.4 Å². The topological polar surface area (TPSA) is 94.5 Å². The standard InChI is InChI=1S/CH2N2.HN3/c1-2-3-1;1-3-2/h1H,(H,2,3);1H. The molecule has 0 unspecified atom stereocenters. The van der Waals surface area contributed by atoms with Gasteiger partial charge in [-0.2, -0.15) is 5.10 Å². The van der Waals surface area contributed by atoms with Crippen LogP contribution in [-0.4, -0.2) is 6.34 Å². The first-order valence-electron chi connectivity index (χ1n) is 1.19. The average Bonchev–Trinajstić information content (AvgIpc) is 2.11. The van der Waals surface area contributed by atoms with Crippen molar-refractivity contribution < 1.29 is 0 Å². The van der Waals surface area contributed by atoms with Crippen LogP contribution in [0, 0.1) is 5.53 Å². The molecular formula is CH3N5. The van der Waals surface area contributed by atoms with E-state index in [4.69, 9.17) is 11.1 Å². The van der Waals surface area contributed by atoms with Gasteiger partial charge < -0.3 is 0 Å². The molecule has 0 aromatic heterocycles. The Morgan fingerprint density at radius 3 is 2.17 bits per heavy atom. The Hall–Kier alpha value is -1.22. The third-order valence-electron chi connectivity index (χ3n) is 0.129. The van der Waals surface area contributed by atoms with E-state index in [-0.39, 0.29) is 0 Å². The Balaban J connectivity index is 0.0000000833. The van der Waals surface area contributed by atoms with E-state index in [1.165, 1.54) is 0 Å². The van der Waals surface area contributed by atoms with Gasteiger partial charge >= 0.3 is 0 Å². The van der Waals surface area contributed by atoms with Crippen LogP contribution in [0.2, 0.25) is 0 Å². The van der Waals surface area contributed by atoms with Gasteiger partial charge in [-0.05, 0) is 10.4 Å². The normalized spacial score (nSPS) is 9.33. The smallest absolute Gasteiger partial charge is 0.129 e. The number of hydrazone groups is 1. The second-order valence-electron chi connectivity index (χ2n) is 0.487. The number of nitrogens with zero attached hydrogens (tertiary/aromatic N) is 3. The predicted molar refractivity (Wildman–Crippen MR) is 21.1 cm³/mol. The number of rotatable bonds is 0. The molecule has 5 nitrogen and oxygen atoms in total. The molecule has 1 aliphatic rings. The molecule has 0 bridgehead atoms. The van der Waals surface area contributed by atoms with E-state index in [0.717, 1.165) is 0 Å². The van der Waals surface area contributed by atoms with Crippen LogP contribution in [0.1, 0.15) is 0 Å². The molecule has 32 valence electrons. The fourth-order valence-corrected chi connectivity index (χ4v) is 0. The monoisotopic (exact) mass is 85.0 g/mol. The zero-order valence-electron chi connectivity index (χ0n) is 2.92. The Labute approximate surface area is 34.1 Å². The van der Waals surface area contributed by atoms with E-state index in [9.17, 15) is 0 Å². The number of hydrogen-bond donors (Lipinski definition) is 2. The Morgan fingerprint density at radius 1 is 2.00 bits per heavy atom. The molecule has 0 saturated carbocycles. The second kappa shape index (κ2) is 3.78. The van der Waals surface area contributed by atoms with Crippen LogP contribution in [0.4, 0.5) is 0 Å². The van der Waals surface area contributed by atoms with E-state index >= 15 is 0 Å². The van der Waals surface area contributed by atoms with Gasteiger partial charge in [-0.3, -0.25) is 5.43 Å². The van der Waals surface area contributed by atoms with Crippen molar-refractivity contribution in [2.75, 3.05) is 0 Å². The molecule has 0 fully saturated rings. The molecule has 1 aliphatic heterocycles. The Kier molecular flexibility index (Phi) is 3.01. The summed E-state index contributed by atoms with van der Waals surface area (Å²) >= 11 is 0. The lowest BCUT2D eigenvalue weighted by molar-refractivity contribution is 1.27. The maximum absolute atomic E-state index is 6.86. The maximum atomic E-state index is 6.86. The van der Waals surface area contributed by atoms with Crippen LogP contribution in [0.5, 0.6) is 0 Å². The van der Waals surface area contributed by atoms with Gasteiger partial charge in [0, 0.05) is 0 Å². The molecule has 2 N–H and O–H groups in total. The van der Waals surface area contributed by atoms with Crippen molar-refractivity contribution in [3.8, 4) is 0 Å². The highest BCUT2D eigenvalue weighted by Crippen LogP contribution is 1.56. The summed E-state index contributed by atoms with van der Waals surface area (Å²) in [4.78, 5) is 1.75. The first-order chi connectivity index (χ1) is 2.91. The predicted octanol–water partition coefficient (Wildman–Crippen LogP) is 0.408. The van der Waals surface area contributed by atoms with Crippen LogP contribution in [-0.2, 0) is 0 Å². The molecule has 0 amide bonds. The summed E-state index contributed by atoms with van der Waals surface area (Å²) in [5.41, 5.74) is 14.8. The fraction of sp³-hybridized carbons (Fsp3) is 0. The van der Waals surface area contributed by atoms with Crippen LogP contribution in [0.15, 0.2) is 5.10 Å². The highest BCUT2D eigenvalue weighted by molar-refractivity contribution is 5.64. The summed E-state index contributed by atoms with van der Waals surface area (Å²) in [5.74, 6) is 0. The summed E-state index contributed by atoms with van der Waals surface area (Å²) in [6.07, 6.45) is 1.62. The number of nitrogens with one attached hydrogen (secondary N) is 2. The third kappa shape index (κ3) is 182. The van der Waals surface area contributed by atoms with Crippen LogP contribution in [0.25, 0.3) is 10.4 Å². The molecule has 0 atom stereocenters. The summed E-state index contributed by atoms with van der Waals surface area (Å²) in [6.45, 7) is 0. The van der Waals surface area contributed by atoms with E-state index in [1.54, 1.807) is 11.3 Å². The zero-order chi connectivity index (χ0) is 4.83. The van der Waals surface area contributed by atoms with Gasteiger partial charge in [-0.25, -0.2) is 0 Å². The largest absolute Gasteiger partial charge is 0.265 e. The third-order valence-corrected chi connectivity index (χ3v) is 0.129. The molecule has 5 heteroatoms. The Bertz CT molecular complexity index is 71.9. The lowest BCUT2D eigenvalue weighted by Crippen LogP contribution is -1.61. The van der Waals surface area contributed by atoms with E-state index in [1.807, 2.05) is 0 Å². The summed E-state index contributed by atoms with van der Waals surface area (Å²) in [6, 6.07) is 0. The molecule has 1 rings (SSSR count). The minimum atomic E-state index is 1.62. The molecule has 0 aromatic carbocycles. The van der Waals surface area contributed by atoms with Crippen molar-refractivity contribution in [2.24, 2.45) is 5.10 Å². The SMILES string of the molecule is C1=NN1.[N-]=[N+]=N. The molecule has 1 heterocycles. The van der Waals surface area contributed by atoms with Crippen molar-refractivity contribution >= 4 is 6.34 Å². The van der Waals surface area contributed by atoms with Gasteiger partial charge in [0.2, 0.25) is 0 Å². The maximum Gasteiger partial charge on any atom is 0.129 e. The van der Waals surface area contributed by atoms with Crippen molar-refractivity contribution in [1.82, 2.24) is 5.43 Å². The van der Waals surface area contributed by atoms with Crippen LogP contribution in [0.3, 0.4) is 0 Å². The van der Waals surface area contributed by atoms with Crippen LogP contribution >= 0.6 is 0 Å². The van der Waals surface area contributed by atoms with Gasteiger partial charge in [0.05, 0.1) is 0 Å². The Morgan fingerprint density at radius 2 is 2.17 bits per heavy atom. The van der Waals surface area contributed by atoms with Crippen molar-refractivity contribution in [1.29, 1.82) is 5.53 Å². The molecule has 0 spiro atoms. The van der Waals surface area contributed by atoms with Gasteiger partial charge in [-0.1, -0.05) is 0 Å². The summed E-state index contributed by atoms with van der Waals surface area (Å²) in [7, 11) is 0. The van der Waals surface area contributed by atoms with E-state index in [0.29, 0.717) is 0 Å². The molecule has 0 aromatic rings. The lowest BCUT2D eigenvalue weighted by Gasteiger charge is -1.29. The minimum absolute atomic E-state index is 1.62. The quantitative estimate of drug-likeness (QED) is 0.248. The molecular weight excluding hydrogens is 82.0 g/mol. The highest BCUT2D eigenvalue weighted by atomic mass is 15.4. The average molecular weight is 85.1 g/mol. The molecule has 0 aliphatic carbocycles. The van der Waals surface area contributed by atoms with Crippen LogP contribution < -0.4 is 5.43 Å².